The summed E-state index contributed by atoms with van der Waals surface area (Å²) >= 11 is 1.28. The quantitative estimate of drug-likeness (QED) is 0.459. The monoisotopic (exact) mass is 421 g/mol. The van der Waals surface area contributed by atoms with Crippen LogP contribution >= 0.6 is 11.3 Å². The molecule has 1 amide bonds. The Balaban J connectivity index is 1.41. The summed E-state index contributed by atoms with van der Waals surface area (Å²) in [5.74, 6) is -0.537. The van der Waals surface area contributed by atoms with Gasteiger partial charge < -0.3 is 5.32 Å². The summed E-state index contributed by atoms with van der Waals surface area (Å²) in [5, 5.41) is 4.69. The molecule has 7 heteroatoms. The van der Waals surface area contributed by atoms with Crippen LogP contribution in [-0.2, 0) is 17.8 Å². The third kappa shape index (κ3) is 4.46. The first kappa shape index (κ1) is 20.0. The Morgan fingerprint density at radius 2 is 1.87 bits per heavy atom. The van der Waals surface area contributed by atoms with Crippen LogP contribution in [0.4, 0.5) is 4.39 Å². The van der Waals surface area contributed by atoms with Gasteiger partial charge in [0.05, 0.1) is 11.8 Å². The van der Waals surface area contributed by atoms with E-state index in [9.17, 15) is 14.0 Å². The van der Waals surface area contributed by atoms with Crippen molar-refractivity contribution in [1.29, 1.82) is 0 Å². The zero-order valence-corrected chi connectivity index (χ0v) is 17.0. The number of halogens is 1. The lowest BCUT2D eigenvalue weighted by Crippen LogP contribution is -2.32. The second kappa shape index (κ2) is 9.00. The molecule has 152 valence electrons. The number of benzene rings is 2. The summed E-state index contributed by atoms with van der Waals surface area (Å²) in [6.45, 7) is 0.475. The molecule has 0 unspecified atom stereocenters. The maximum atomic E-state index is 13.2. The molecule has 4 aromatic rings. The molecule has 0 fully saturated rings. The van der Waals surface area contributed by atoms with Crippen molar-refractivity contribution >= 4 is 27.5 Å². The highest BCUT2D eigenvalue weighted by molar-refractivity contribution is 7.17. The highest BCUT2D eigenvalue weighted by Gasteiger charge is 2.14. The number of rotatable bonds is 7. The van der Waals surface area contributed by atoms with E-state index in [1.54, 1.807) is 12.1 Å². The van der Waals surface area contributed by atoms with Gasteiger partial charge >= 0.3 is 0 Å². The number of thiophene rings is 1. The summed E-state index contributed by atoms with van der Waals surface area (Å²) in [7, 11) is 0. The van der Waals surface area contributed by atoms with Crippen molar-refractivity contribution in [1.82, 2.24) is 14.9 Å². The van der Waals surface area contributed by atoms with Crippen LogP contribution in [0.1, 0.15) is 12.0 Å². The fourth-order valence-electron chi connectivity index (χ4n) is 3.26. The first-order valence-electron chi connectivity index (χ1n) is 9.65. The predicted molar refractivity (Wildman–Crippen MR) is 117 cm³/mol. The van der Waals surface area contributed by atoms with E-state index in [1.807, 2.05) is 23.6 Å². The summed E-state index contributed by atoms with van der Waals surface area (Å²) in [6.07, 6.45) is 3.11. The fraction of sp³-hybridized carbons (Fsp3) is 0.174. The molecule has 0 atom stereocenters. The zero-order chi connectivity index (χ0) is 20.9. The van der Waals surface area contributed by atoms with Crippen molar-refractivity contribution in [2.45, 2.75) is 19.4 Å². The average molecular weight is 421 g/mol. The highest BCUT2D eigenvalue weighted by atomic mass is 32.1. The lowest BCUT2D eigenvalue weighted by atomic mass is 10.1. The van der Waals surface area contributed by atoms with Crippen molar-refractivity contribution in [3.8, 4) is 11.1 Å². The van der Waals surface area contributed by atoms with Gasteiger partial charge in [-0.2, -0.15) is 0 Å². The lowest BCUT2D eigenvalue weighted by molar-refractivity contribution is -0.121. The van der Waals surface area contributed by atoms with Crippen molar-refractivity contribution < 1.29 is 9.18 Å². The molecule has 1 N–H and O–H groups in total. The van der Waals surface area contributed by atoms with Crippen LogP contribution in [0.3, 0.4) is 0 Å². The van der Waals surface area contributed by atoms with Crippen LogP contribution in [-0.4, -0.2) is 22.0 Å². The van der Waals surface area contributed by atoms with Crippen LogP contribution in [0.15, 0.2) is 71.1 Å². The third-order valence-corrected chi connectivity index (χ3v) is 5.78. The van der Waals surface area contributed by atoms with E-state index >= 15 is 0 Å². The molecule has 2 aromatic heterocycles. The second-order valence-electron chi connectivity index (χ2n) is 6.95. The highest BCUT2D eigenvalue weighted by Crippen LogP contribution is 2.30. The van der Waals surface area contributed by atoms with Gasteiger partial charge in [-0.3, -0.25) is 14.2 Å². The number of aromatic nitrogens is 2. The van der Waals surface area contributed by atoms with Crippen molar-refractivity contribution in [2.24, 2.45) is 0 Å². The minimum absolute atomic E-state index is 0.0725. The summed E-state index contributed by atoms with van der Waals surface area (Å²) in [5.41, 5.74) is 3.12. The molecule has 0 saturated carbocycles. The fourth-order valence-corrected chi connectivity index (χ4v) is 4.24. The number of amides is 1. The Bertz CT molecular complexity index is 1220. The van der Waals surface area contributed by atoms with Gasteiger partial charge in [0.2, 0.25) is 5.91 Å². The lowest BCUT2D eigenvalue weighted by Gasteiger charge is -2.07. The van der Waals surface area contributed by atoms with Gasteiger partial charge in [-0.1, -0.05) is 42.5 Å². The van der Waals surface area contributed by atoms with Gasteiger partial charge in [0.1, 0.15) is 17.1 Å². The molecule has 0 aliphatic heterocycles. The summed E-state index contributed by atoms with van der Waals surface area (Å²) in [6, 6.07) is 16.2. The van der Waals surface area contributed by atoms with Crippen molar-refractivity contribution in [3.63, 3.8) is 0 Å². The van der Waals surface area contributed by atoms with Gasteiger partial charge in [0, 0.05) is 17.5 Å². The molecule has 0 spiro atoms. The Hall–Kier alpha value is -3.32. The van der Waals surface area contributed by atoms with Gasteiger partial charge in [0.15, 0.2) is 0 Å². The number of hydrogen-bond acceptors (Lipinski definition) is 4. The minimum atomic E-state index is -0.316. The van der Waals surface area contributed by atoms with Gasteiger partial charge in [0.25, 0.3) is 5.56 Å². The van der Waals surface area contributed by atoms with Gasteiger partial charge in [-0.15, -0.1) is 11.3 Å². The summed E-state index contributed by atoms with van der Waals surface area (Å²) in [4.78, 5) is 29.4. The normalized spacial score (nSPS) is 11.0. The predicted octanol–water partition coefficient (Wildman–Crippen LogP) is 4.01. The first-order chi connectivity index (χ1) is 14.6. The number of fused-ring (bicyclic) bond motifs is 1. The van der Waals surface area contributed by atoms with Crippen LogP contribution in [0.5, 0.6) is 0 Å². The smallest absolute Gasteiger partial charge is 0.271 e. The molecule has 30 heavy (non-hydrogen) atoms. The molecular formula is C23H20FN3O2S. The molecular weight excluding hydrogens is 401 g/mol. The third-order valence-electron chi connectivity index (χ3n) is 4.82. The number of hydrogen-bond donors (Lipinski definition) is 1. The zero-order valence-electron chi connectivity index (χ0n) is 16.2. The summed E-state index contributed by atoms with van der Waals surface area (Å²) < 4.78 is 15.0. The standard InChI is InChI=1S/C23H20FN3O2S/c24-18-10-8-17(9-11-18)19-14-30-22-21(19)26-15-27(23(22)29)13-20(28)25-12-4-7-16-5-2-1-3-6-16/h1-3,5-6,8-11,14-15H,4,7,12-13H2,(H,25,28). The van der Waals surface area contributed by atoms with Crippen molar-refractivity contribution in [2.75, 3.05) is 6.54 Å². The van der Waals surface area contributed by atoms with E-state index in [4.69, 9.17) is 0 Å². The van der Waals surface area contributed by atoms with E-state index in [0.717, 1.165) is 24.0 Å². The van der Waals surface area contributed by atoms with Crippen molar-refractivity contribution in [3.05, 3.63) is 88.0 Å². The molecule has 0 radical (unpaired) electrons. The maximum absolute atomic E-state index is 13.2. The molecule has 2 aromatic carbocycles. The topological polar surface area (TPSA) is 64.0 Å². The second-order valence-corrected chi connectivity index (χ2v) is 7.83. The molecule has 0 aliphatic carbocycles. The van der Waals surface area contributed by atoms with Crippen LogP contribution in [0, 0.1) is 5.82 Å². The van der Waals surface area contributed by atoms with Crippen LogP contribution < -0.4 is 10.9 Å². The average Bonchev–Trinajstić information content (AvgIpc) is 3.19. The number of carbonyl (C=O) groups excluding carboxylic acids is 1. The molecule has 0 aliphatic rings. The number of nitrogens with one attached hydrogen (secondary N) is 1. The maximum Gasteiger partial charge on any atom is 0.271 e. The molecule has 0 saturated heterocycles. The minimum Gasteiger partial charge on any atom is -0.355 e. The van der Waals surface area contributed by atoms with E-state index < -0.39 is 0 Å². The first-order valence-corrected chi connectivity index (χ1v) is 10.5. The SMILES string of the molecule is O=C(Cn1cnc2c(-c3ccc(F)cc3)csc2c1=O)NCCCc1ccccc1. The Kier molecular flexibility index (Phi) is 5.99. The Labute approximate surface area is 176 Å². The Morgan fingerprint density at radius 1 is 1.10 bits per heavy atom. The number of carbonyl (C=O) groups is 1. The van der Waals surface area contributed by atoms with Gasteiger partial charge in [-0.05, 0) is 36.1 Å². The number of aryl methyl sites for hydroxylation is 1. The molecule has 2 heterocycles. The largest absolute Gasteiger partial charge is 0.355 e. The van der Waals surface area contributed by atoms with E-state index in [0.29, 0.717) is 16.8 Å². The number of nitrogens with zero attached hydrogens (tertiary/aromatic N) is 2. The van der Waals surface area contributed by atoms with Crippen LogP contribution in [0.2, 0.25) is 0 Å². The Morgan fingerprint density at radius 3 is 2.63 bits per heavy atom. The van der Waals surface area contributed by atoms with Crippen LogP contribution in [0.25, 0.3) is 21.3 Å². The van der Waals surface area contributed by atoms with E-state index in [-0.39, 0.29) is 23.8 Å². The van der Waals surface area contributed by atoms with E-state index in [1.165, 1.54) is 39.9 Å². The molecule has 0 bridgehead atoms. The molecule has 4 rings (SSSR count). The molecule has 5 nitrogen and oxygen atoms in total. The van der Waals surface area contributed by atoms with E-state index in [2.05, 4.69) is 22.4 Å². The van der Waals surface area contributed by atoms with Gasteiger partial charge in [-0.25, -0.2) is 9.37 Å².